The second-order valence-electron chi connectivity index (χ2n) is 7.33. The van der Waals surface area contributed by atoms with Crippen molar-refractivity contribution in [3.05, 3.63) is 52.8 Å². The molecule has 7 nitrogen and oxygen atoms in total. The first-order valence-electron chi connectivity index (χ1n) is 9.88. The fourth-order valence-corrected chi connectivity index (χ4v) is 3.73. The number of nitrogens with zero attached hydrogens (tertiary/aromatic N) is 2. The summed E-state index contributed by atoms with van der Waals surface area (Å²) in [5.41, 5.74) is 0.609. The van der Waals surface area contributed by atoms with Gasteiger partial charge in [0.15, 0.2) is 30.6 Å². The molecule has 0 spiro atoms. The number of amides is 2. The van der Waals surface area contributed by atoms with Gasteiger partial charge in [-0.1, -0.05) is 11.6 Å². The van der Waals surface area contributed by atoms with Gasteiger partial charge in [0.05, 0.1) is 5.69 Å². The molecule has 2 aliphatic rings. The van der Waals surface area contributed by atoms with E-state index in [4.69, 9.17) is 21.1 Å². The smallest absolute Gasteiger partial charge is 0.265 e. The molecule has 1 fully saturated rings. The van der Waals surface area contributed by atoms with Crippen LogP contribution in [0.5, 0.6) is 11.5 Å². The number of hydrogen-bond donors (Lipinski definition) is 0. The van der Waals surface area contributed by atoms with Gasteiger partial charge in [-0.25, -0.2) is 4.39 Å². The third-order valence-electron chi connectivity index (χ3n) is 5.23. The number of halogens is 2. The number of rotatable bonds is 6. The molecule has 0 N–H and O–H groups in total. The van der Waals surface area contributed by atoms with Gasteiger partial charge < -0.3 is 14.4 Å². The van der Waals surface area contributed by atoms with Crippen LogP contribution >= 0.6 is 11.6 Å². The predicted octanol–water partition coefficient (Wildman–Crippen LogP) is 3.09. The van der Waals surface area contributed by atoms with Crippen molar-refractivity contribution >= 4 is 34.9 Å². The minimum Gasteiger partial charge on any atom is -0.482 e. The molecule has 0 radical (unpaired) electrons. The molecule has 2 aliphatic heterocycles. The Bertz CT molecular complexity index is 1040. The Morgan fingerprint density at radius 1 is 1.13 bits per heavy atom. The van der Waals surface area contributed by atoms with E-state index in [-0.39, 0.29) is 41.3 Å². The number of carbonyl (C=O) groups is 3. The Labute approximate surface area is 183 Å². The Morgan fingerprint density at radius 2 is 1.90 bits per heavy atom. The lowest BCUT2D eigenvalue weighted by molar-refractivity contribution is -0.131. The minimum absolute atomic E-state index is 0.0907. The van der Waals surface area contributed by atoms with Crippen molar-refractivity contribution in [1.82, 2.24) is 4.90 Å². The highest BCUT2D eigenvalue weighted by atomic mass is 35.5. The number of ketones is 1. The molecule has 0 saturated carbocycles. The number of carbonyl (C=O) groups excluding carboxylic acids is 3. The number of ether oxygens (including phenoxy) is 2. The summed E-state index contributed by atoms with van der Waals surface area (Å²) in [5, 5.41) is 0.221. The first kappa shape index (κ1) is 21.1. The molecule has 1 saturated heterocycles. The molecule has 162 valence electrons. The molecular weight excluding hydrogens is 427 g/mol. The molecule has 4 rings (SSSR count). The van der Waals surface area contributed by atoms with E-state index in [1.165, 1.54) is 23.1 Å². The van der Waals surface area contributed by atoms with Crippen LogP contribution in [0.25, 0.3) is 0 Å². The second-order valence-corrected chi connectivity index (χ2v) is 7.76. The van der Waals surface area contributed by atoms with Crippen LogP contribution in [-0.4, -0.2) is 55.3 Å². The Balaban J connectivity index is 1.50. The van der Waals surface area contributed by atoms with E-state index in [0.717, 1.165) is 18.9 Å². The van der Waals surface area contributed by atoms with Crippen LogP contribution in [0, 0.1) is 5.82 Å². The Hall–Kier alpha value is -3.13. The fourth-order valence-electron chi connectivity index (χ4n) is 3.57. The number of likely N-dealkylation sites (tertiary alicyclic amines) is 1. The molecule has 2 aromatic carbocycles. The van der Waals surface area contributed by atoms with Gasteiger partial charge in [0.1, 0.15) is 12.3 Å². The molecule has 9 heteroatoms. The van der Waals surface area contributed by atoms with Crippen molar-refractivity contribution in [2.75, 3.05) is 37.7 Å². The standard InChI is InChI=1S/C22H20ClFN2O5/c23-15-4-6-19(16(24)10-15)30-12-18(27)14-3-5-20-17(9-14)26(22(29)13-31-20)11-21(28)25-7-1-2-8-25/h3-6,9-10H,1-2,7-8,11-13H2. The number of anilines is 1. The monoisotopic (exact) mass is 446 g/mol. The molecule has 0 atom stereocenters. The normalized spacial score (nSPS) is 15.5. The van der Waals surface area contributed by atoms with Crippen LogP contribution in [0.3, 0.4) is 0 Å². The lowest BCUT2D eigenvalue weighted by Crippen LogP contribution is -2.46. The topological polar surface area (TPSA) is 76.2 Å². The predicted molar refractivity (Wildman–Crippen MR) is 111 cm³/mol. The van der Waals surface area contributed by atoms with Gasteiger partial charge in [0, 0.05) is 23.7 Å². The van der Waals surface area contributed by atoms with Crippen LogP contribution in [0.1, 0.15) is 23.2 Å². The summed E-state index contributed by atoms with van der Waals surface area (Å²) < 4.78 is 24.6. The summed E-state index contributed by atoms with van der Waals surface area (Å²) in [4.78, 5) is 40.7. The molecule has 31 heavy (non-hydrogen) atoms. The van der Waals surface area contributed by atoms with Gasteiger partial charge in [-0.3, -0.25) is 19.3 Å². The fraction of sp³-hybridized carbons (Fsp3) is 0.318. The van der Waals surface area contributed by atoms with Crippen LogP contribution in [-0.2, 0) is 9.59 Å². The van der Waals surface area contributed by atoms with E-state index in [1.54, 1.807) is 17.0 Å². The van der Waals surface area contributed by atoms with Crippen LogP contribution in [0.2, 0.25) is 5.02 Å². The van der Waals surface area contributed by atoms with Crippen molar-refractivity contribution < 1.29 is 28.2 Å². The van der Waals surface area contributed by atoms with Crippen LogP contribution in [0.15, 0.2) is 36.4 Å². The van der Waals surface area contributed by atoms with E-state index in [9.17, 15) is 18.8 Å². The maximum Gasteiger partial charge on any atom is 0.265 e. The summed E-state index contributed by atoms with van der Waals surface area (Å²) in [7, 11) is 0. The Morgan fingerprint density at radius 3 is 2.65 bits per heavy atom. The zero-order valence-electron chi connectivity index (χ0n) is 16.6. The third kappa shape index (κ3) is 4.64. The van der Waals surface area contributed by atoms with E-state index < -0.39 is 18.2 Å². The Kier molecular flexibility index (Phi) is 6.08. The van der Waals surface area contributed by atoms with Crippen molar-refractivity contribution in [1.29, 1.82) is 0 Å². The number of Topliss-reactive ketones (excluding diaryl/α,β-unsaturated/α-hetero) is 1. The molecule has 0 aliphatic carbocycles. The van der Waals surface area contributed by atoms with Crippen LogP contribution in [0.4, 0.5) is 10.1 Å². The highest BCUT2D eigenvalue weighted by molar-refractivity contribution is 6.30. The van der Waals surface area contributed by atoms with E-state index >= 15 is 0 Å². The first-order valence-corrected chi connectivity index (χ1v) is 10.3. The zero-order valence-corrected chi connectivity index (χ0v) is 17.4. The largest absolute Gasteiger partial charge is 0.482 e. The summed E-state index contributed by atoms with van der Waals surface area (Å²) in [5.74, 6) is -1.26. The summed E-state index contributed by atoms with van der Waals surface area (Å²) >= 11 is 5.71. The van der Waals surface area contributed by atoms with E-state index in [1.807, 2.05) is 0 Å². The minimum atomic E-state index is -0.670. The summed E-state index contributed by atoms with van der Waals surface area (Å²) in [6.07, 6.45) is 1.90. The lowest BCUT2D eigenvalue weighted by atomic mass is 10.1. The lowest BCUT2D eigenvalue weighted by Gasteiger charge is -2.30. The highest BCUT2D eigenvalue weighted by Gasteiger charge is 2.30. The first-order chi connectivity index (χ1) is 14.9. The van der Waals surface area contributed by atoms with Gasteiger partial charge in [-0.15, -0.1) is 0 Å². The quantitative estimate of drug-likeness (QED) is 0.637. The van der Waals surface area contributed by atoms with Crippen LogP contribution < -0.4 is 14.4 Å². The maximum atomic E-state index is 13.9. The van der Waals surface area contributed by atoms with Gasteiger partial charge in [0.2, 0.25) is 5.91 Å². The summed E-state index contributed by atoms with van der Waals surface area (Å²) in [6, 6.07) is 8.51. The molecule has 0 bridgehead atoms. The highest BCUT2D eigenvalue weighted by Crippen LogP contribution is 2.33. The van der Waals surface area contributed by atoms with Crippen molar-refractivity contribution in [3.8, 4) is 11.5 Å². The second kappa shape index (κ2) is 8.93. The van der Waals surface area contributed by atoms with Crippen molar-refractivity contribution in [2.24, 2.45) is 0 Å². The SMILES string of the molecule is O=C(COc1ccc(Cl)cc1F)c1ccc2c(c1)N(CC(=O)N1CCCC1)C(=O)CO2. The summed E-state index contributed by atoms with van der Waals surface area (Å²) in [6.45, 7) is 0.674. The molecular formula is C22H20ClFN2O5. The number of fused-ring (bicyclic) bond motifs is 1. The third-order valence-corrected chi connectivity index (χ3v) is 5.46. The van der Waals surface area contributed by atoms with Crippen molar-refractivity contribution in [2.45, 2.75) is 12.8 Å². The molecule has 2 aromatic rings. The van der Waals surface area contributed by atoms with E-state index in [0.29, 0.717) is 24.5 Å². The molecule has 0 aromatic heterocycles. The number of hydrogen-bond acceptors (Lipinski definition) is 5. The van der Waals surface area contributed by atoms with Gasteiger partial charge >= 0.3 is 0 Å². The average molecular weight is 447 g/mol. The van der Waals surface area contributed by atoms with Gasteiger partial charge in [-0.05, 0) is 49.2 Å². The maximum absolute atomic E-state index is 13.9. The van der Waals surface area contributed by atoms with E-state index in [2.05, 4.69) is 0 Å². The molecule has 0 unspecified atom stereocenters. The molecule has 2 amide bonds. The van der Waals surface area contributed by atoms with Gasteiger partial charge in [-0.2, -0.15) is 0 Å². The number of benzene rings is 2. The molecule has 2 heterocycles. The zero-order chi connectivity index (χ0) is 22.0. The average Bonchev–Trinajstić information content (AvgIpc) is 3.29. The van der Waals surface area contributed by atoms with Crippen molar-refractivity contribution in [3.63, 3.8) is 0 Å². The van der Waals surface area contributed by atoms with Gasteiger partial charge in [0.25, 0.3) is 5.91 Å².